The molecule has 2 aromatic rings. The molecule has 2 aromatic carbocycles. The van der Waals surface area contributed by atoms with E-state index in [2.05, 4.69) is 24.0 Å². The maximum absolute atomic E-state index is 11.9. The van der Waals surface area contributed by atoms with Crippen molar-refractivity contribution in [2.45, 2.75) is 12.3 Å². The van der Waals surface area contributed by atoms with Crippen LogP contribution in [-0.2, 0) is 0 Å². The van der Waals surface area contributed by atoms with Crippen LogP contribution in [0, 0.1) is 0 Å². The van der Waals surface area contributed by atoms with Gasteiger partial charge in [0.1, 0.15) is 0 Å². The van der Waals surface area contributed by atoms with Gasteiger partial charge in [-0.25, -0.2) is 0 Å². The fourth-order valence-electron chi connectivity index (χ4n) is 2.15. The third-order valence-corrected chi connectivity index (χ3v) is 3.29. The lowest BCUT2D eigenvalue weighted by atomic mass is 9.96. The van der Waals surface area contributed by atoms with Gasteiger partial charge < -0.3 is 5.32 Å². The topological polar surface area (TPSA) is 29.1 Å². The summed E-state index contributed by atoms with van der Waals surface area (Å²) in [5.41, 5.74) is 1.93. The Morgan fingerprint density at radius 3 is 2.25 bits per heavy atom. The molecule has 20 heavy (non-hydrogen) atoms. The first-order chi connectivity index (χ1) is 9.81. The number of hydrogen-bond donors (Lipinski definition) is 1. The van der Waals surface area contributed by atoms with Crippen LogP contribution in [0.3, 0.4) is 0 Å². The maximum Gasteiger partial charge on any atom is 0.251 e. The summed E-state index contributed by atoms with van der Waals surface area (Å²) < 4.78 is 0. The molecule has 0 spiro atoms. The molecular weight excluding hydrogens is 246 g/mol. The van der Waals surface area contributed by atoms with Crippen molar-refractivity contribution in [1.29, 1.82) is 0 Å². The van der Waals surface area contributed by atoms with Crippen molar-refractivity contribution in [3.8, 4) is 0 Å². The summed E-state index contributed by atoms with van der Waals surface area (Å²) in [5, 5.41) is 2.95. The zero-order valence-corrected chi connectivity index (χ0v) is 11.5. The fraction of sp³-hybridized carbons (Fsp3) is 0.167. The SMILES string of the molecule is C=C[C@@H](CCNC(=O)c1ccccc1)c1ccccc1. The highest BCUT2D eigenvalue weighted by Crippen LogP contribution is 2.19. The Kier molecular flexibility index (Phi) is 5.13. The summed E-state index contributed by atoms with van der Waals surface area (Å²) in [6, 6.07) is 19.5. The van der Waals surface area contributed by atoms with E-state index in [1.807, 2.05) is 54.6 Å². The van der Waals surface area contributed by atoms with E-state index in [9.17, 15) is 4.79 Å². The van der Waals surface area contributed by atoms with Crippen molar-refractivity contribution >= 4 is 5.91 Å². The van der Waals surface area contributed by atoms with Crippen molar-refractivity contribution in [2.75, 3.05) is 6.54 Å². The number of allylic oxidation sites excluding steroid dienone is 1. The molecule has 1 atom stereocenters. The summed E-state index contributed by atoms with van der Waals surface area (Å²) in [7, 11) is 0. The molecule has 2 rings (SSSR count). The second-order valence-electron chi connectivity index (χ2n) is 4.66. The van der Waals surface area contributed by atoms with E-state index < -0.39 is 0 Å². The zero-order valence-electron chi connectivity index (χ0n) is 11.5. The number of hydrogen-bond acceptors (Lipinski definition) is 1. The van der Waals surface area contributed by atoms with Crippen LogP contribution >= 0.6 is 0 Å². The lowest BCUT2D eigenvalue weighted by Crippen LogP contribution is -2.25. The highest BCUT2D eigenvalue weighted by Gasteiger charge is 2.08. The predicted molar refractivity (Wildman–Crippen MR) is 82.8 cm³/mol. The van der Waals surface area contributed by atoms with Gasteiger partial charge in [0.2, 0.25) is 0 Å². The van der Waals surface area contributed by atoms with Crippen molar-refractivity contribution in [3.05, 3.63) is 84.4 Å². The summed E-state index contributed by atoms with van der Waals surface area (Å²) in [4.78, 5) is 11.9. The standard InChI is InChI=1S/C18H19NO/c1-2-15(16-9-5-3-6-10-16)13-14-19-18(20)17-11-7-4-8-12-17/h2-12,15H,1,13-14H2,(H,19,20)/t15-/m0/s1. The molecule has 2 heteroatoms. The van der Waals surface area contributed by atoms with Crippen LogP contribution in [0.2, 0.25) is 0 Å². The lowest BCUT2D eigenvalue weighted by Gasteiger charge is -2.13. The number of carbonyl (C=O) groups excluding carboxylic acids is 1. The van der Waals surface area contributed by atoms with E-state index in [4.69, 9.17) is 0 Å². The largest absolute Gasteiger partial charge is 0.352 e. The first kappa shape index (κ1) is 14.1. The minimum absolute atomic E-state index is 0.0264. The monoisotopic (exact) mass is 265 g/mol. The van der Waals surface area contributed by atoms with Crippen LogP contribution in [0.4, 0.5) is 0 Å². The number of rotatable bonds is 6. The van der Waals surface area contributed by atoms with Crippen molar-refractivity contribution in [3.63, 3.8) is 0 Å². The van der Waals surface area contributed by atoms with Gasteiger partial charge in [-0.2, -0.15) is 0 Å². The molecule has 0 saturated carbocycles. The van der Waals surface area contributed by atoms with Gasteiger partial charge in [-0.15, -0.1) is 6.58 Å². The van der Waals surface area contributed by atoms with Gasteiger partial charge in [0.05, 0.1) is 0 Å². The predicted octanol–water partition coefficient (Wildman–Crippen LogP) is 3.78. The molecular formula is C18H19NO. The molecule has 0 radical (unpaired) electrons. The molecule has 0 unspecified atom stereocenters. The third kappa shape index (κ3) is 3.82. The van der Waals surface area contributed by atoms with Crippen LogP contribution in [0.1, 0.15) is 28.3 Å². The van der Waals surface area contributed by atoms with Gasteiger partial charge in [-0.1, -0.05) is 54.6 Å². The average Bonchev–Trinajstić information content (AvgIpc) is 2.53. The average molecular weight is 265 g/mol. The lowest BCUT2D eigenvalue weighted by molar-refractivity contribution is 0.0953. The quantitative estimate of drug-likeness (QED) is 0.791. The smallest absolute Gasteiger partial charge is 0.251 e. The van der Waals surface area contributed by atoms with Crippen LogP contribution in [-0.4, -0.2) is 12.5 Å². The Labute approximate surface area is 120 Å². The number of carbonyl (C=O) groups is 1. The Bertz CT molecular complexity index is 548. The number of nitrogens with one attached hydrogen (secondary N) is 1. The van der Waals surface area contributed by atoms with E-state index in [1.165, 1.54) is 5.56 Å². The summed E-state index contributed by atoms with van der Waals surface area (Å²) in [6.45, 7) is 4.52. The molecule has 0 aromatic heterocycles. The maximum atomic E-state index is 11.9. The van der Waals surface area contributed by atoms with Crippen LogP contribution in [0.15, 0.2) is 73.3 Å². The molecule has 0 heterocycles. The van der Waals surface area contributed by atoms with E-state index >= 15 is 0 Å². The van der Waals surface area contributed by atoms with E-state index in [-0.39, 0.29) is 11.8 Å². The van der Waals surface area contributed by atoms with Crippen molar-refractivity contribution in [1.82, 2.24) is 5.32 Å². The molecule has 1 N–H and O–H groups in total. The Hall–Kier alpha value is -2.35. The van der Waals surface area contributed by atoms with Gasteiger partial charge in [0.25, 0.3) is 5.91 Å². The first-order valence-corrected chi connectivity index (χ1v) is 6.82. The molecule has 0 saturated heterocycles. The summed E-state index contributed by atoms with van der Waals surface area (Å²) in [6.07, 6.45) is 2.79. The minimum Gasteiger partial charge on any atom is -0.352 e. The second kappa shape index (κ2) is 7.29. The molecule has 0 aliphatic rings. The summed E-state index contributed by atoms with van der Waals surface area (Å²) >= 11 is 0. The molecule has 2 nitrogen and oxygen atoms in total. The summed E-state index contributed by atoms with van der Waals surface area (Å²) in [5.74, 6) is 0.244. The normalized spacial score (nSPS) is 11.6. The zero-order chi connectivity index (χ0) is 14.2. The van der Waals surface area contributed by atoms with Gasteiger partial charge in [0.15, 0.2) is 0 Å². The molecule has 0 aliphatic carbocycles. The Balaban J connectivity index is 1.86. The van der Waals surface area contributed by atoms with Gasteiger partial charge in [-0.3, -0.25) is 4.79 Å². The highest BCUT2D eigenvalue weighted by molar-refractivity contribution is 5.94. The van der Waals surface area contributed by atoms with Gasteiger partial charge >= 0.3 is 0 Å². The molecule has 102 valence electrons. The molecule has 0 aliphatic heterocycles. The minimum atomic E-state index is -0.0264. The van der Waals surface area contributed by atoms with Crippen molar-refractivity contribution < 1.29 is 4.79 Å². The third-order valence-electron chi connectivity index (χ3n) is 3.29. The molecule has 1 amide bonds. The van der Waals surface area contributed by atoms with Crippen LogP contribution in [0.5, 0.6) is 0 Å². The molecule has 0 fully saturated rings. The van der Waals surface area contributed by atoms with Crippen LogP contribution in [0.25, 0.3) is 0 Å². The van der Waals surface area contributed by atoms with Gasteiger partial charge in [-0.05, 0) is 24.1 Å². The Morgan fingerprint density at radius 1 is 1.05 bits per heavy atom. The first-order valence-electron chi connectivity index (χ1n) is 6.82. The Morgan fingerprint density at radius 2 is 1.65 bits per heavy atom. The second-order valence-corrected chi connectivity index (χ2v) is 4.66. The van der Waals surface area contributed by atoms with E-state index in [0.717, 1.165) is 6.42 Å². The molecule has 0 bridgehead atoms. The number of amides is 1. The van der Waals surface area contributed by atoms with E-state index in [1.54, 1.807) is 0 Å². The van der Waals surface area contributed by atoms with Crippen molar-refractivity contribution in [2.24, 2.45) is 0 Å². The highest BCUT2D eigenvalue weighted by atomic mass is 16.1. The van der Waals surface area contributed by atoms with E-state index in [0.29, 0.717) is 12.1 Å². The van der Waals surface area contributed by atoms with Crippen LogP contribution < -0.4 is 5.32 Å². The fourth-order valence-corrected chi connectivity index (χ4v) is 2.15. The number of benzene rings is 2. The van der Waals surface area contributed by atoms with Gasteiger partial charge in [0, 0.05) is 18.0 Å².